The minimum absolute atomic E-state index is 0.0582. The van der Waals surface area contributed by atoms with E-state index in [4.69, 9.17) is 5.73 Å². The van der Waals surface area contributed by atoms with Crippen LogP contribution in [0.15, 0.2) is 39.9 Å². The molecule has 0 unspecified atom stereocenters. The third-order valence-electron chi connectivity index (χ3n) is 2.59. The third kappa shape index (κ3) is 3.74. The summed E-state index contributed by atoms with van der Waals surface area (Å²) in [4.78, 5) is 0. The van der Waals surface area contributed by atoms with Gasteiger partial charge in [0.1, 0.15) is 4.21 Å². The summed E-state index contributed by atoms with van der Waals surface area (Å²) in [6, 6.07) is 5.20. The summed E-state index contributed by atoms with van der Waals surface area (Å²) in [6.45, 7) is 0.215. The molecule has 4 nitrogen and oxygen atoms in total. The number of thiophene rings is 1. The largest absolute Gasteiger partial charge is 0.416 e. The van der Waals surface area contributed by atoms with E-state index in [1.54, 1.807) is 5.38 Å². The fourth-order valence-electron chi connectivity index (χ4n) is 1.53. The molecule has 21 heavy (non-hydrogen) atoms. The van der Waals surface area contributed by atoms with E-state index in [2.05, 4.69) is 4.72 Å². The predicted octanol–water partition coefficient (Wildman–Crippen LogP) is 3.03. The molecule has 114 valence electrons. The fraction of sp³-hybridized carbons (Fsp3) is 0.167. The molecule has 2 aromatic rings. The van der Waals surface area contributed by atoms with Crippen LogP contribution in [0.2, 0.25) is 0 Å². The van der Waals surface area contributed by atoms with Crippen molar-refractivity contribution in [2.24, 2.45) is 5.73 Å². The van der Waals surface area contributed by atoms with Gasteiger partial charge in [0.15, 0.2) is 0 Å². The van der Waals surface area contributed by atoms with Crippen molar-refractivity contribution in [3.63, 3.8) is 0 Å². The lowest BCUT2D eigenvalue weighted by Crippen LogP contribution is -2.12. The Bertz CT molecular complexity index is 722. The van der Waals surface area contributed by atoms with Crippen molar-refractivity contribution in [1.82, 2.24) is 0 Å². The number of hydrogen-bond acceptors (Lipinski definition) is 4. The van der Waals surface area contributed by atoms with Crippen molar-refractivity contribution in [2.45, 2.75) is 16.9 Å². The number of alkyl halides is 3. The monoisotopic (exact) mass is 336 g/mol. The van der Waals surface area contributed by atoms with Gasteiger partial charge >= 0.3 is 6.18 Å². The number of hydrogen-bond donors (Lipinski definition) is 2. The minimum atomic E-state index is -4.46. The smallest absolute Gasteiger partial charge is 0.326 e. The van der Waals surface area contributed by atoms with E-state index in [0.29, 0.717) is 5.56 Å². The summed E-state index contributed by atoms with van der Waals surface area (Å²) in [5.41, 5.74) is 5.30. The van der Waals surface area contributed by atoms with Crippen molar-refractivity contribution in [3.8, 4) is 0 Å². The molecule has 1 aromatic carbocycles. The van der Waals surface area contributed by atoms with Gasteiger partial charge < -0.3 is 5.73 Å². The third-order valence-corrected chi connectivity index (χ3v) is 5.46. The molecule has 0 radical (unpaired) electrons. The Morgan fingerprint density at radius 1 is 1.19 bits per heavy atom. The molecule has 9 heteroatoms. The maximum absolute atomic E-state index is 12.4. The molecule has 1 heterocycles. The van der Waals surface area contributed by atoms with Crippen molar-refractivity contribution in [2.75, 3.05) is 4.72 Å². The molecule has 0 aliphatic rings. The van der Waals surface area contributed by atoms with Crippen molar-refractivity contribution >= 4 is 27.0 Å². The van der Waals surface area contributed by atoms with E-state index in [1.807, 2.05) is 0 Å². The number of rotatable bonds is 4. The Morgan fingerprint density at radius 3 is 2.29 bits per heavy atom. The molecule has 0 fully saturated rings. The first-order chi connectivity index (χ1) is 9.72. The lowest BCUT2D eigenvalue weighted by atomic mass is 10.2. The lowest BCUT2D eigenvalue weighted by Gasteiger charge is -2.09. The Kier molecular flexibility index (Phi) is 4.26. The average Bonchev–Trinajstić information content (AvgIpc) is 2.87. The predicted molar refractivity (Wildman–Crippen MR) is 74.5 cm³/mol. The standard InChI is InChI=1S/C12H11F3N2O2S2/c13-12(14,15)9-1-3-10(4-2-9)17-21(18,19)11-5-8(6-16)7-20-11/h1-5,7,17H,6,16H2. The van der Waals surface area contributed by atoms with E-state index in [1.165, 1.54) is 6.07 Å². The number of benzene rings is 1. The van der Waals surface area contributed by atoms with Crippen molar-refractivity contribution in [3.05, 3.63) is 46.8 Å². The molecule has 0 aliphatic carbocycles. The number of nitrogens with one attached hydrogen (secondary N) is 1. The normalized spacial score (nSPS) is 12.4. The van der Waals surface area contributed by atoms with Crippen LogP contribution in [0.3, 0.4) is 0 Å². The van der Waals surface area contributed by atoms with Crippen LogP contribution in [0.5, 0.6) is 0 Å². The molecule has 0 spiro atoms. The second-order valence-corrected chi connectivity index (χ2v) is 6.98. The van der Waals surface area contributed by atoms with Crippen LogP contribution in [-0.4, -0.2) is 8.42 Å². The average molecular weight is 336 g/mol. The number of anilines is 1. The van der Waals surface area contributed by atoms with Crippen LogP contribution in [-0.2, 0) is 22.7 Å². The van der Waals surface area contributed by atoms with Crippen LogP contribution in [0.4, 0.5) is 18.9 Å². The highest BCUT2D eigenvalue weighted by Crippen LogP contribution is 2.30. The zero-order valence-corrected chi connectivity index (χ0v) is 12.1. The summed E-state index contributed by atoms with van der Waals surface area (Å²) in [5, 5.41) is 1.61. The van der Waals surface area contributed by atoms with Gasteiger partial charge in [-0.15, -0.1) is 11.3 Å². The number of nitrogens with two attached hydrogens (primary N) is 1. The number of halogens is 3. The van der Waals surface area contributed by atoms with E-state index in [0.717, 1.165) is 35.6 Å². The van der Waals surface area contributed by atoms with Gasteiger partial charge in [0, 0.05) is 12.2 Å². The Hall–Kier alpha value is -1.58. The molecule has 0 bridgehead atoms. The number of sulfonamides is 1. The van der Waals surface area contributed by atoms with Crippen LogP contribution in [0.1, 0.15) is 11.1 Å². The SMILES string of the molecule is NCc1csc(S(=O)(=O)Nc2ccc(C(F)(F)F)cc2)c1. The second-order valence-electron chi connectivity index (χ2n) is 4.16. The highest BCUT2D eigenvalue weighted by atomic mass is 32.2. The Morgan fingerprint density at radius 2 is 1.81 bits per heavy atom. The van der Waals surface area contributed by atoms with Gasteiger partial charge in [-0.25, -0.2) is 8.42 Å². The topological polar surface area (TPSA) is 72.2 Å². The maximum atomic E-state index is 12.4. The first-order valence-electron chi connectivity index (χ1n) is 5.70. The zero-order chi connectivity index (χ0) is 15.7. The second kappa shape index (κ2) is 5.66. The van der Waals surface area contributed by atoms with Crippen LogP contribution >= 0.6 is 11.3 Å². The minimum Gasteiger partial charge on any atom is -0.326 e. The van der Waals surface area contributed by atoms with Crippen LogP contribution < -0.4 is 10.5 Å². The first-order valence-corrected chi connectivity index (χ1v) is 8.06. The summed E-state index contributed by atoms with van der Waals surface area (Å²) < 4.78 is 63.6. The molecular formula is C12H11F3N2O2S2. The molecule has 0 saturated carbocycles. The van der Waals surface area contributed by atoms with Gasteiger partial charge in [0.05, 0.1) is 5.56 Å². The molecular weight excluding hydrogens is 325 g/mol. The Balaban J connectivity index is 2.21. The molecule has 3 N–H and O–H groups in total. The van der Waals surface area contributed by atoms with E-state index < -0.39 is 21.8 Å². The van der Waals surface area contributed by atoms with Gasteiger partial charge in [0.25, 0.3) is 10.0 Å². The molecule has 2 rings (SSSR count). The van der Waals surface area contributed by atoms with Gasteiger partial charge in [-0.1, -0.05) is 0 Å². The van der Waals surface area contributed by atoms with Crippen molar-refractivity contribution in [1.29, 1.82) is 0 Å². The molecule has 0 aliphatic heterocycles. The van der Waals surface area contributed by atoms with E-state index in [-0.39, 0.29) is 16.4 Å². The van der Waals surface area contributed by atoms with Crippen LogP contribution in [0, 0.1) is 0 Å². The van der Waals surface area contributed by atoms with E-state index >= 15 is 0 Å². The van der Waals surface area contributed by atoms with Gasteiger partial charge in [-0.05, 0) is 41.3 Å². The molecule has 0 amide bonds. The first kappa shape index (κ1) is 15.8. The van der Waals surface area contributed by atoms with Crippen molar-refractivity contribution < 1.29 is 21.6 Å². The quantitative estimate of drug-likeness (QED) is 0.901. The van der Waals surface area contributed by atoms with Gasteiger partial charge in [-0.3, -0.25) is 4.72 Å². The maximum Gasteiger partial charge on any atom is 0.416 e. The van der Waals surface area contributed by atoms with Gasteiger partial charge in [-0.2, -0.15) is 13.2 Å². The van der Waals surface area contributed by atoms with Crippen LogP contribution in [0.25, 0.3) is 0 Å². The molecule has 1 aromatic heterocycles. The Labute approximate surface area is 123 Å². The highest BCUT2D eigenvalue weighted by Gasteiger charge is 2.30. The summed E-state index contributed by atoms with van der Waals surface area (Å²) in [6.07, 6.45) is -4.46. The summed E-state index contributed by atoms with van der Waals surface area (Å²) in [7, 11) is -3.82. The molecule has 0 saturated heterocycles. The van der Waals surface area contributed by atoms with Gasteiger partial charge in [0.2, 0.25) is 0 Å². The lowest BCUT2D eigenvalue weighted by molar-refractivity contribution is -0.137. The van der Waals surface area contributed by atoms with E-state index in [9.17, 15) is 21.6 Å². The summed E-state index contributed by atoms with van der Waals surface area (Å²) in [5.74, 6) is 0. The fourth-order valence-corrected chi connectivity index (χ4v) is 3.81. The zero-order valence-electron chi connectivity index (χ0n) is 10.5. The summed E-state index contributed by atoms with van der Waals surface area (Å²) >= 11 is 0.997. The highest BCUT2D eigenvalue weighted by molar-refractivity contribution is 7.94. The molecule has 0 atom stereocenters.